The predicted molar refractivity (Wildman–Crippen MR) is 95.3 cm³/mol. The van der Waals surface area contributed by atoms with Crippen molar-refractivity contribution in [3.63, 3.8) is 0 Å². The molecule has 22 heavy (non-hydrogen) atoms. The average molecular weight is 284 g/mol. The van der Waals surface area contributed by atoms with Gasteiger partial charge < -0.3 is 0 Å². The number of allylic oxidation sites excluding steroid dienone is 1. The van der Waals surface area contributed by atoms with Crippen LogP contribution in [0.2, 0.25) is 0 Å². The summed E-state index contributed by atoms with van der Waals surface area (Å²) in [7, 11) is 0. The molecule has 0 aromatic heterocycles. The zero-order chi connectivity index (χ0) is 15.6. The van der Waals surface area contributed by atoms with Gasteiger partial charge in [0.2, 0.25) is 0 Å². The number of rotatable bonds is 3. The number of aryl methyl sites for hydroxylation is 1. The SMILES string of the molecule is CC/C=C/c1ccc(C#CC#Cc2ccc(CC)cc2)cc1. The van der Waals surface area contributed by atoms with Crippen molar-refractivity contribution in [3.05, 3.63) is 76.9 Å². The summed E-state index contributed by atoms with van der Waals surface area (Å²) in [4.78, 5) is 0. The molecule has 0 heterocycles. The van der Waals surface area contributed by atoms with Crippen LogP contribution in [0.25, 0.3) is 6.08 Å². The summed E-state index contributed by atoms with van der Waals surface area (Å²) in [6.07, 6.45) is 6.38. The molecule has 0 fully saturated rings. The molecule has 108 valence electrons. The van der Waals surface area contributed by atoms with E-state index < -0.39 is 0 Å². The second-order valence-electron chi connectivity index (χ2n) is 4.98. The molecule has 0 amide bonds. The summed E-state index contributed by atoms with van der Waals surface area (Å²) in [6, 6.07) is 16.5. The van der Waals surface area contributed by atoms with Gasteiger partial charge in [-0.05, 0) is 60.1 Å². The van der Waals surface area contributed by atoms with Crippen molar-refractivity contribution in [2.75, 3.05) is 0 Å². The first kappa shape index (κ1) is 15.7. The van der Waals surface area contributed by atoms with Gasteiger partial charge in [-0.2, -0.15) is 0 Å². The summed E-state index contributed by atoms with van der Waals surface area (Å²) in [5.41, 5.74) is 4.53. The molecular weight excluding hydrogens is 264 g/mol. The highest BCUT2D eigenvalue weighted by molar-refractivity contribution is 5.52. The molecule has 0 unspecified atom stereocenters. The molecule has 2 aromatic rings. The Morgan fingerprint density at radius 3 is 1.82 bits per heavy atom. The first-order chi connectivity index (χ1) is 10.8. The molecule has 0 aliphatic heterocycles. The second kappa shape index (κ2) is 8.56. The molecular formula is C22H20. The van der Waals surface area contributed by atoms with Crippen molar-refractivity contribution in [2.24, 2.45) is 0 Å². The fourth-order valence-corrected chi connectivity index (χ4v) is 1.96. The molecule has 0 N–H and O–H groups in total. The zero-order valence-corrected chi connectivity index (χ0v) is 13.2. The van der Waals surface area contributed by atoms with E-state index in [0.717, 1.165) is 24.0 Å². The minimum absolute atomic E-state index is 0.990. The molecule has 0 bridgehead atoms. The van der Waals surface area contributed by atoms with Gasteiger partial charge in [-0.3, -0.25) is 0 Å². The number of hydrogen-bond acceptors (Lipinski definition) is 0. The Balaban J connectivity index is 2.01. The van der Waals surface area contributed by atoms with E-state index in [9.17, 15) is 0 Å². The highest BCUT2D eigenvalue weighted by Gasteiger charge is 1.89. The van der Waals surface area contributed by atoms with Crippen LogP contribution in [-0.4, -0.2) is 0 Å². The molecule has 0 heteroatoms. The highest BCUT2D eigenvalue weighted by atomic mass is 13.9. The van der Waals surface area contributed by atoms with Crippen molar-refractivity contribution in [2.45, 2.75) is 26.7 Å². The fourth-order valence-electron chi connectivity index (χ4n) is 1.96. The van der Waals surface area contributed by atoms with Crippen molar-refractivity contribution in [1.82, 2.24) is 0 Å². The first-order valence-corrected chi connectivity index (χ1v) is 7.69. The maximum Gasteiger partial charge on any atom is 0.0255 e. The van der Waals surface area contributed by atoms with Crippen molar-refractivity contribution < 1.29 is 0 Å². The van der Waals surface area contributed by atoms with Gasteiger partial charge in [-0.25, -0.2) is 0 Å². The van der Waals surface area contributed by atoms with Crippen LogP contribution in [0.5, 0.6) is 0 Å². The topological polar surface area (TPSA) is 0 Å². The van der Waals surface area contributed by atoms with Gasteiger partial charge in [0.25, 0.3) is 0 Å². The summed E-state index contributed by atoms with van der Waals surface area (Å²) >= 11 is 0. The predicted octanol–water partition coefficient (Wildman–Crippen LogP) is 5.08. The van der Waals surface area contributed by atoms with E-state index >= 15 is 0 Å². The Morgan fingerprint density at radius 2 is 1.32 bits per heavy atom. The Kier molecular flexibility index (Phi) is 6.10. The van der Waals surface area contributed by atoms with E-state index in [4.69, 9.17) is 0 Å². The lowest BCUT2D eigenvalue weighted by molar-refractivity contribution is 1.14. The number of hydrogen-bond donors (Lipinski definition) is 0. The van der Waals surface area contributed by atoms with Gasteiger partial charge in [-0.1, -0.05) is 62.1 Å². The van der Waals surface area contributed by atoms with Gasteiger partial charge in [0.15, 0.2) is 0 Å². The van der Waals surface area contributed by atoms with E-state index in [1.807, 2.05) is 24.3 Å². The van der Waals surface area contributed by atoms with E-state index in [1.54, 1.807) is 0 Å². The van der Waals surface area contributed by atoms with E-state index in [-0.39, 0.29) is 0 Å². The Labute approximate surface area is 133 Å². The van der Waals surface area contributed by atoms with Crippen LogP contribution in [0.15, 0.2) is 54.6 Å². The van der Waals surface area contributed by atoms with E-state index in [0.29, 0.717) is 0 Å². The third-order valence-electron chi connectivity index (χ3n) is 3.30. The molecule has 0 aliphatic rings. The van der Waals surface area contributed by atoms with Gasteiger partial charge in [0, 0.05) is 11.1 Å². The molecule has 0 radical (unpaired) electrons. The molecule has 2 rings (SSSR count). The minimum Gasteiger partial charge on any atom is -0.0842 e. The maximum atomic E-state index is 3.07. The summed E-state index contributed by atoms with van der Waals surface area (Å²) in [6.45, 7) is 4.28. The Hall–Kier alpha value is -2.70. The minimum atomic E-state index is 0.990. The lowest BCUT2D eigenvalue weighted by Gasteiger charge is -1.94. The largest absolute Gasteiger partial charge is 0.0842 e. The van der Waals surface area contributed by atoms with Crippen LogP contribution in [-0.2, 0) is 6.42 Å². The number of benzene rings is 2. The van der Waals surface area contributed by atoms with Gasteiger partial charge >= 0.3 is 0 Å². The lowest BCUT2D eigenvalue weighted by Crippen LogP contribution is -1.79. The maximum absolute atomic E-state index is 3.07. The van der Waals surface area contributed by atoms with Crippen molar-refractivity contribution in [3.8, 4) is 23.7 Å². The molecule has 0 spiro atoms. The third-order valence-corrected chi connectivity index (χ3v) is 3.30. The van der Waals surface area contributed by atoms with Crippen LogP contribution >= 0.6 is 0 Å². The third kappa shape index (κ3) is 5.01. The van der Waals surface area contributed by atoms with Gasteiger partial charge in [0.1, 0.15) is 0 Å². The summed E-state index contributed by atoms with van der Waals surface area (Å²) in [5, 5.41) is 0. The van der Waals surface area contributed by atoms with Crippen LogP contribution in [0, 0.1) is 23.7 Å². The Bertz CT molecular complexity index is 736. The van der Waals surface area contributed by atoms with E-state index in [2.05, 4.69) is 73.9 Å². The zero-order valence-electron chi connectivity index (χ0n) is 13.2. The summed E-state index contributed by atoms with van der Waals surface area (Å²) < 4.78 is 0. The monoisotopic (exact) mass is 284 g/mol. The lowest BCUT2D eigenvalue weighted by atomic mass is 10.1. The molecule has 0 saturated carbocycles. The second-order valence-corrected chi connectivity index (χ2v) is 4.98. The standard InChI is InChI=1S/C22H20/c1-3-5-8-20-15-17-22(18-16-20)10-7-6-9-21-13-11-19(4-2)12-14-21/h5,8,11-18H,3-4H2,1-2H3/b8-5+. The molecule has 0 saturated heterocycles. The van der Waals surface area contributed by atoms with Crippen LogP contribution in [0.3, 0.4) is 0 Å². The summed E-state index contributed by atoms with van der Waals surface area (Å²) in [5.74, 6) is 12.0. The normalized spacial score (nSPS) is 9.73. The van der Waals surface area contributed by atoms with Crippen molar-refractivity contribution >= 4 is 6.08 Å². The molecule has 2 aromatic carbocycles. The first-order valence-electron chi connectivity index (χ1n) is 7.69. The smallest absolute Gasteiger partial charge is 0.0255 e. The fraction of sp³-hybridized carbons (Fsp3) is 0.182. The van der Waals surface area contributed by atoms with Crippen molar-refractivity contribution in [1.29, 1.82) is 0 Å². The highest BCUT2D eigenvalue weighted by Crippen LogP contribution is 2.06. The van der Waals surface area contributed by atoms with Crippen LogP contribution in [0.4, 0.5) is 0 Å². The van der Waals surface area contributed by atoms with Crippen LogP contribution < -0.4 is 0 Å². The molecule has 0 nitrogen and oxygen atoms in total. The Morgan fingerprint density at radius 1 is 0.773 bits per heavy atom. The molecule has 0 aliphatic carbocycles. The van der Waals surface area contributed by atoms with E-state index in [1.165, 1.54) is 11.1 Å². The quantitative estimate of drug-likeness (QED) is 0.690. The van der Waals surface area contributed by atoms with Gasteiger partial charge in [0.05, 0.1) is 0 Å². The van der Waals surface area contributed by atoms with Gasteiger partial charge in [-0.15, -0.1) is 0 Å². The van der Waals surface area contributed by atoms with Crippen LogP contribution in [0.1, 0.15) is 42.5 Å². The molecule has 0 atom stereocenters. The average Bonchev–Trinajstić information content (AvgIpc) is 2.58.